The molecule has 5 rings (SSSR count). The summed E-state index contributed by atoms with van der Waals surface area (Å²) in [5.74, 6) is -2.99. The Morgan fingerprint density at radius 2 is 1.78 bits per heavy atom. The highest BCUT2D eigenvalue weighted by Gasteiger charge is 2.46. The van der Waals surface area contributed by atoms with E-state index in [0.717, 1.165) is 12.8 Å². The molecule has 2 aromatic rings. The van der Waals surface area contributed by atoms with Crippen LogP contribution >= 0.6 is 0 Å². The Morgan fingerprint density at radius 1 is 1.08 bits per heavy atom. The zero-order chi connectivity index (χ0) is 26.4. The molecule has 13 heteroatoms. The third kappa shape index (κ3) is 5.53. The molecule has 0 bridgehead atoms. The van der Waals surface area contributed by atoms with Crippen molar-refractivity contribution in [3.63, 3.8) is 0 Å². The molecule has 1 aromatic heterocycles. The lowest BCUT2D eigenvalue weighted by molar-refractivity contribution is -0.0271. The number of amides is 1. The van der Waals surface area contributed by atoms with E-state index in [0.29, 0.717) is 29.9 Å². The standard InChI is InChI=1S/C24H30F2N6O4S/c1-16-12-20(30-22(28-16)32-14-24(25,26)15-32)29-21(34)18-3-2-17(37(35,36)27-8-11-33)13-19(18)31-9-6-23(4-5-23)7-10-31/h2-3,12-13,27,33H,4-11,14-15H2,1H3,(H,28,29,30,34). The lowest BCUT2D eigenvalue weighted by Crippen LogP contribution is -2.57. The lowest BCUT2D eigenvalue weighted by Gasteiger charge is -2.38. The predicted octanol–water partition coefficient (Wildman–Crippen LogP) is 2.14. The van der Waals surface area contributed by atoms with Gasteiger partial charge in [-0.05, 0) is 56.2 Å². The smallest absolute Gasteiger partial charge is 0.282 e. The van der Waals surface area contributed by atoms with Gasteiger partial charge in [0.2, 0.25) is 16.0 Å². The molecule has 0 unspecified atom stereocenters. The number of anilines is 3. The van der Waals surface area contributed by atoms with Crippen LogP contribution in [0.15, 0.2) is 29.2 Å². The molecule has 2 aliphatic heterocycles. The van der Waals surface area contributed by atoms with Gasteiger partial charge in [0, 0.05) is 31.4 Å². The van der Waals surface area contributed by atoms with Gasteiger partial charge in [0.15, 0.2) is 0 Å². The van der Waals surface area contributed by atoms with Gasteiger partial charge in [-0.3, -0.25) is 4.79 Å². The van der Waals surface area contributed by atoms with Crippen LogP contribution in [0.25, 0.3) is 0 Å². The van der Waals surface area contributed by atoms with Crippen molar-refractivity contribution >= 4 is 33.4 Å². The summed E-state index contributed by atoms with van der Waals surface area (Å²) in [6.45, 7) is 1.67. The number of carbonyl (C=O) groups excluding carboxylic acids is 1. The number of hydrogen-bond acceptors (Lipinski definition) is 8. The van der Waals surface area contributed by atoms with E-state index in [2.05, 4.69) is 20.0 Å². The number of halogens is 2. The van der Waals surface area contributed by atoms with Crippen molar-refractivity contribution in [2.75, 3.05) is 54.4 Å². The summed E-state index contributed by atoms with van der Waals surface area (Å²) in [6.07, 6.45) is 4.35. The van der Waals surface area contributed by atoms with E-state index < -0.39 is 34.9 Å². The highest BCUT2D eigenvalue weighted by molar-refractivity contribution is 7.89. The number of aromatic nitrogens is 2. The maximum atomic E-state index is 13.4. The number of aryl methyl sites for hydroxylation is 1. The van der Waals surface area contributed by atoms with Gasteiger partial charge in [0.05, 0.1) is 35.8 Å². The number of aliphatic hydroxyl groups excluding tert-OH is 1. The maximum Gasteiger partial charge on any atom is 0.282 e. The van der Waals surface area contributed by atoms with E-state index in [1.165, 1.54) is 35.9 Å². The van der Waals surface area contributed by atoms with Crippen molar-refractivity contribution in [3.8, 4) is 0 Å². The quantitative estimate of drug-likeness (QED) is 0.468. The summed E-state index contributed by atoms with van der Waals surface area (Å²) in [6, 6.07) is 5.85. The van der Waals surface area contributed by atoms with Crippen molar-refractivity contribution in [2.24, 2.45) is 5.41 Å². The van der Waals surface area contributed by atoms with E-state index >= 15 is 0 Å². The fraction of sp³-hybridized carbons (Fsp3) is 0.542. The molecule has 2 saturated heterocycles. The van der Waals surface area contributed by atoms with E-state index in [1.54, 1.807) is 13.0 Å². The average molecular weight is 537 g/mol. The number of rotatable bonds is 8. The zero-order valence-corrected chi connectivity index (χ0v) is 21.3. The Balaban J connectivity index is 1.42. The molecule has 10 nitrogen and oxygen atoms in total. The van der Waals surface area contributed by atoms with E-state index in [-0.39, 0.29) is 35.4 Å². The lowest BCUT2D eigenvalue weighted by atomic mass is 9.93. The molecular weight excluding hydrogens is 506 g/mol. The van der Waals surface area contributed by atoms with Gasteiger partial charge in [-0.2, -0.15) is 4.98 Å². The summed E-state index contributed by atoms with van der Waals surface area (Å²) in [5, 5.41) is 11.8. The molecule has 37 heavy (non-hydrogen) atoms. The number of hydrogen-bond donors (Lipinski definition) is 3. The molecule has 1 amide bonds. The van der Waals surface area contributed by atoms with Crippen LogP contribution in [-0.2, 0) is 10.0 Å². The van der Waals surface area contributed by atoms with Crippen molar-refractivity contribution in [1.29, 1.82) is 0 Å². The number of nitrogens with zero attached hydrogens (tertiary/aromatic N) is 4. The third-order valence-corrected chi connectivity index (χ3v) is 8.72. The number of alkyl halides is 2. The van der Waals surface area contributed by atoms with E-state index in [1.807, 2.05) is 4.90 Å². The van der Waals surface area contributed by atoms with Crippen molar-refractivity contribution in [1.82, 2.24) is 14.7 Å². The number of carbonyl (C=O) groups is 1. The monoisotopic (exact) mass is 536 g/mol. The maximum absolute atomic E-state index is 13.4. The van der Waals surface area contributed by atoms with Crippen molar-refractivity contribution in [2.45, 2.75) is 43.4 Å². The van der Waals surface area contributed by atoms with E-state index in [4.69, 9.17) is 5.11 Å². The van der Waals surface area contributed by atoms with Gasteiger partial charge in [-0.25, -0.2) is 26.9 Å². The number of aliphatic hydroxyl groups is 1. The summed E-state index contributed by atoms with van der Waals surface area (Å²) in [4.78, 5) is 25.2. The average Bonchev–Trinajstić information content (AvgIpc) is 3.59. The van der Waals surface area contributed by atoms with Gasteiger partial charge in [-0.15, -0.1) is 0 Å². The number of piperidine rings is 1. The van der Waals surface area contributed by atoms with Gasteiger partial charge in [-0.1, -0.05) is 0 Å². The highest BCUT2D eigenvalue weighted by atomic mass is 32.2. The minimum absolute atomic E-state index is 0.00177. The number of nitrogens with one attached hydrogen (secondary N) is 2. The second-order valence-electron chi connectivity index (χ2n) is 10.1. The summed E-state index contributed by atoms with van der Waals surface area (Å²) in [5.41, 5.74) is 1.67. The molecule has 3 heterocycles. The van der Waals surface area contributed by atoms with Gasteiger partial charge >= 0.3 is 0 Å². The van der Waals surface area contributed by atoms with Crippen LogP contribution in [0, 0.1) is 12.3 Å². The molecule has 200 valence electrons. The molecule has 1 aromatic carbocycles. The van der Waals surface area contributed by atoms with Crippen LogP contribution in [0.2, 0.25) is 0 Å². The molecule has 3 aliphatic rings. The Bertz CT molecular complexity index is 1300. The highest BCUT2D eigenvalue weighted by Crippen LogP contribution is 2.54. The molecule has 0 atom stereocenters. The second kappa shape index (κ2) is 9.44. The Labute approximate surface area is 214 Å². The molecule has 1 aliphatic carbocycles. The van der Waals surface area contributed by atoms with Gasteiger partial charge in [0.25, 0.3) is 11.8 Å². The van der Waals surface area contributed by atoms with Crippen LogP contribution < -0.4 is 19.8 Å². The molecule has 3 fully saturated rings. The minimum Gasteiger partial charge on any atom is -0.395 e. The molecular formula is C24H30F2N6O4S. The van der Waals surface area contributed by atoms with Crippen LogP contribution in [-0.4, -0.2) is 74.7 Å². The first-order valence-corrected chi connectivity index (χ1v) is 13.8. The van der Waals surface area contributed by atoms with E-state index in [9.17, 15) is 22.0 Å². The number of sulfonamides is 1. The second-order valence-corrected chi connectivity index (χ2v) is 11.9. The van der Waals surface area contributed by atoms with Crippen molar-refractivity contribution in [3.05, 3.63) is 35.5 Å². The fourth-order valence-corrected chi connectivity index (χ4v) is 5.93. The normalized spacial score (nSPS) is 20.0. The van der Waals surface area contributed by atoms with Gasteiger partial charge in [0.1, 0.15) is 5.82 Å². The van der Waals surface area contributed by atoms with Crippen LogP contribution in [0.4, 0.5) is 26.2 Å². The number of benzene rings is 1. The zero-order valence-electron chi connectivity index (χ0n) is 20.5. The molecule has 1 spiro atoms. The first kappa shape index (κ1) is 25.7. The molecule has 0 radical (unpaired) electrons. The third-order valence-electron chi connectivity index (χ3n) is 7.26. The first-order chi connectivity index (χ1) is 17.5. The summed E-state index contributed by atoms with van der Waals surface area (Å²) >= 11 is 0. The van der Waals surface area contributed by atoms with Gasteiger partial charge < -0.3 is 20.2 Å². The Morgan fingerprint density at radius 3 is 2.41 bits per heavy atom. The Kier molecular flexibility index (Phi) is 6.57. The van der Waals surface area contributed by atoms with Crippen LogP contribution in [0.1, 0.15) is 41.7 Å². The van der Waals surface area contributed by atoms with Crippen LogP contribution in [0.5, 0.6) is 0 Å². The molecule has 3 N–H and O–H groups in total. The molecule has 1 saturated carbocycles. The topological polar surface area (TPSA) is 128 Å². The van der Waals surface area contributed by atoms with Crippen molar-refractivity contribution < 1.29 is 27.1 Å². The predicted molar refractivity (Wildman–Crippen MR) is 134 cm³/mol. The minimum atomic E-state index is -3.88. The summed E-state index contributed by atoms with van der Waals surface area (Å²) < 4.78 is 54.4. The SMILES string of the molecule is Cc1cc(NC(=O)c2ccc(S(=O)(=O)NCCO)cc2N2CCC3(CC2)CC3)nc(N2CC(F)(F)C2)n1. The first-order valence-electron chi connectivity index (χ1n) is 12.3. The summed E-state index contributed by atoms with van der Waals surface area (Å²) in [7, 11) is -3.88. The Hall–Kier alpha value is -2.90. The largest absolute Gasteiger partial charge is 0.395 e. The fourth-order valence-electron chi connectivity index (χ4n) is 4.89. The van der Waals surface area contributed by atoms with Crippen LogP contribution in [0.3, 0.4) is 0 Å².